The van der Waals surface area contributed by atoms with E-state index in [1.165, 1.54) is 12.3 Å². The zero-order valence-electron chi connectivity index (χ0n) is 11.9. The Balaban J connectivity index is 2.71. The van der Waals surface area contributed by atoms with Crippen molar-refractivity contribution in [3.05, 3.63) is 40.2 Å². The quantitative estimate of drug-likeness (QED) is 0.685. The maximum absolute atomic E-state index is 11.1. The number of hydrogen-bond acceptors (Lipinski definition) is 5. The highest BCUT2D eigenvalue weighted by molar-refractivity contribution is 6.00. The van der Waals surface area contributed by atoms with E-state index in [9.17, 15) is 14.9 Å². The van der Waals surface area contributed by atoms with Crippen molar-refractivity contribution in [2.24, 2.45) is 0 Å². The molecule has 0 saturated heterocycles. The van der Waals surface area contributed by atoms with Crippen molar-refractivity contribution < 1.29 is 14.8 Å². The Bertz CT molecular complexity index is 729. The minimum absolute atomic E-state index is 0.0439. The van der Waals surface area contributed by atoms with Crippen molar-refractivity contribution >= 4 is 28.1 Å². The molecule has 2 rings (SSSR count). The minimum Gasteiger partial charge on any atom is -0.480 e. The van der Waals surface area contributed by atoms with E-state index in [0.29, 0.717) is 22.2 Å². The van der Waals surface area contributed by atoms with Crippen molar-refractivity contribution in [3.8, 4) is 0 Å². The molecule has 1 aromatic heterocycles. The zero-order chi connectivity index (χ0) is 15.7. The van der Waals surface area contributed by atoms with Crippen LogP contribution < -0.4 is 4.90 Å². The first-order chi connectivity index (χ1) is 9.82. The maximum Gasteiger partial charge on any atom is 0.326 e. The molecule has 0 saturated carbocycles. The van der Waals surface area contributed by atoms with E-state index in [4.69, 9.17) is 5.11 Å². The first-order valence-corrected chi connectivity index (χ1v) is 6.32. The van der Waals surface area contributed by atoms with Crippen LogP contribution in [0.25, 0.3) is 10.8 Å². The minimum atomic E-state index is -0.963. The maximum atomic E-state index is 11.1. The number of aliphatic carboxylic acids is 1. The largest absolute Gasteiger partial charge is 0.480 e. The standard InChI is InChI=1S/C14H15N3O4/c1-8-6-10-11(7-15-8)13(17(20)21)5-4-12(10)16(3)9(2)14(18)19/h4-7,9H,1-3H3,(H,18,19). The van der Waals surface area contributed by atoms with Crippen LogP contribution in [0.4, 0.5) is 11.4 Å². The Morgan fingerprint density at radius 3 is 2.67 bits per heavy atom. The highest BCUT2D eigenvalue weighted by Crippen LogP contribution is 2.33. The molecule has 1 N–H and O–H groups in total. The number of nitro groups is 1. The fourth-order valence-electron chi connectivity index (χ4n) is 2.15. The lowest BCUT2D eigenvalue weighted by Crippen LogP contribution is -2.35. The molecule has 1 aromatic carbocycles. The van der Waals surface area contributed by atoms with Gasteiger partial charge in [-0.05, 0) is 26.0 Å². The molecule has 7 heteroatoms. The van der Waals surface area contributed by atoms with Crippen molar-refractivity contribution in [3.63, 3.8) is 0 Å². The average molecular weight is 289 g/mol. The average Bonchev–Trinajstić information content (AvgIpc) is 2.43. The van der Waals surface area contributed by atoms with Crippen LogP contribution in [0.2, 0.25) is 0 Å². The number of pyridine rings is 1. The van der Waals surface area contributed by atoms with E-state index in [-0.39, 0.29) is 5.69 Å². The molecule has 7 nitrogen and oxygen atoms in total. The second-order valence-corrected chi connectivity index (χ2v) is 4.86. The molecule has 1 unspecified atom stereocenters. The van der Waals surface area contributed by atoms with Crippen LogP contribution in [0.5, 0.6) is 0 Å². The van der Waals surface area contributed by atoms with Gasteiger partial charge in [-0.2, -0.15) is 0 Å². The van der Waals surface area contributed by atoms with Crippen molar-refractivity contribution in [1.29, 1.82) is 0 Å². The first-order valence-electron chi connectivity index (χ1n) is 6.32. The fraction of sp³-hybridized carbons (Fsp3) is 0.286. The fourth-order valence-corrected chi connectivity index (χ4v) is 2.15. The molecule has 2 aromatic rings. The van der Waals surface area contributed by atoms with Crippen LogP contribution >= 0.6 is 0 Å². The number of nitro benzene ring substituents is 1. The van der Waals surface area contributed by atoms with Gasteiger partial charge in [-0.1, -0.05) is 0 Å². The van der Waals surface area contributed by atoms with Gasteiger partial charge in [0.05, 0.1) is 10.3 Å². The predicted molar refractivity (Wildman–Crippen MR) is 78.6 cm³/mol. The van der Waals surface area contributed by atoms with Crippen LogP contribution in [-0.4, -0.2) is 34.1 Å². The lowest BCUT2D eigenvalue weighted by molar-refractivity contribution is -0.383. The molecule has 0 radical (unpaired) electrons. The summed E-state index contributed by atoms with van der Waals surface area (Å²) in [5.74, 6) is -0.963. The van der Waals surface area contributed by atoms with Crippen LogP contribution in [0.1, 0.15) is 12.6 Å². The molecule has 1 heterocycles. The van der Waals surface area contributed by atoms with E-state index >= 15 is 0 Å². The summed E-state index contributed by atoms with van der Waals surface area (Å²) in [4.78, 5) is 27.4. The van der Waals surface area contributed by atoms with E-state index in [1.54, 1.807) is 37.9 Å². The van der Waals surface area contributed by atoms with Gasteiger partial charge in [0.1, 0.15) is 6.04 Å². The van der Waals surface area contributed by atoms with E-state index in [0.717, 1.165) is 0 Å². The van der Waals surface area contributed by atoms with Crippen molar-refractivity contribution in [2.45, 2.75) is 19.9 Å². The Morgan fingerprint density at radius 1 is 1.43 bits per heavy atom. The molecular weight excluding hydrogens is 274 g/mol. The van der Waals surface area contributed by atoms with Gasteiger partial charge < -0.3 is 10.0 Å². The molecular formula is C14H15N3O4. The van der Waals surface area contributed by atoms with Gasteiger partial charge in [-0.25, -0.2) is 4.79 Å². The Morgan fingerprint density at radius 2 is 2.10 bits per heavy atom. The number of carboxylic acids is 1. The van der Waals surface area contributed by atoms with Crippen LogP contribution in [0.15, 0.2) is 24.4 Å². The molecule has 0 fully saturated rings. The molecule has 1 atom stereocenters. The van der Waals surface area contributed by atoms with Crippen LogP contribution in [-0.2, 0) is 4.79 Å². The number of rotatable bonds is 4. The van der Waals surface area contributed by atoms with E-state index in [1.807, 2.05) is 0 Å². The number of non-ortho nitro benzene ring substituents is 1. The first kappa shape index (κ1) is 14.7. The van der Waals surface area contributed by atoms with Crippen molar-refractivity contribution in [2.75, 3.05) is 11.9 Å². The molecule has 0 spiro atoms. The molecule has 21 heavy (non-hydrogen) atoms. The Hall–Kier alpha value is -2.70. The number of fused-ring (bicyclic) bond motifs is 1. The van der Waals surface area contributed by atoms with Gasteiger partial charge >= 0.3 is 5.97 Å². The summed E-state index contributed by atoms with van der Waals surface area (Å²) in [5, 5.41) is 21.2. The SMILES string of the molecule is Cc1cc2c(N(C)C(C)C(=O)O)ccc([N+](=O)[O-])c2cn1. The lowest BCUT2D eigenvalue weighted by Gasteiger charge is -2.25. The van der Waals surface area contributed by atoms with Crippen LogP contribution in [0.3, 0.4) is 0 Å². The number of carboxylic acid groups (broad SMARTS) is 1. The second-order valence-electron chi connectivity index (χ2n) is 4.86. The Labute approximate surface area is 121 Å². The molecule has 0 bridgehead atoms. The monoisotopic (exact) mass is 289 g/mol. The molecule has 0 aliphatic heterocycles. The lowest BCUT2D eigenvalue weighted by atomic mass is 10.1. The summed E-state index contributed by atoms with van der Waals surface area (Å²) in [6.45, 7) is 3.34. The number of aryl methyl sites for hydroxylation is 1. The third-order valence-corrected chi connectivity index (χ3v) is 3.51. The number of benzene rings is 1. The highest BCUT2D eigenvalue weighted by Gasteiger charge is 2.22. The van der Waals surface area contributed by atoms with Gasteiger partial charge in [-0.3, -0.25) is 15.1 Å². The van der Waals surface area contributed by atoms with Crippen molar-refractivity contribution in [1.82, 2.24) is 4.98 Å². The summed E-state index contributed by atoms with van der Waals surface area (Å²) in [6.07, 6.45) is 1.45. The van der Waals surface area contributed by atoms with Gasteiger partial charge in [-0.15, -0.1) is 0 Å². The van der Waals surface area contributed by atoms with Gasteiger partial charge in [0.25, 0.3) is 5.69 Å². The molecule has 0 aliphatic carbocycles. The smallest absolute Gasteiger partial charge is 0.326 e. The van der Waals surface area contributed by atoms with E-state index < -0.39 is 16.9 Å². The summed E-state index contributed by atoms with van der Waals surface area (Å²) in [6, 6.07) is 3.92. The number of likely N-dealkylation sites (N-methyl/N-ethyl adjacent to an activating group) is 1. The van der Waals surface area contributed by atoms with E-state index in [2.05, 4.69) is 4.98 Å². The summed E-state index contributed by atoms with van der Waals surface area (Å²) >= 11 is 0. The second kappa shape index (κ2) is 5.35. The van der Waals surface area contributed by atoms with Gasteiger partial charge in [0, 0.05) is 36.1 Å². The number of carbonyl (C=O) groups is 1. The van der Waals surface area contributed by atoms with Gasteiger partial charge in [0.15, 0.2) is 0 Å². The normalized spacial score (nSPS) is 12.1. The van der Waals surface area contributed by atoms with Crippen LogP contribution in [0, 0.1) is 17.0 Å². The van der Waals surface area contributed by atoms with Gasteiger partial charge in [0.2, 0.25) is 0 Å². The number of aromatic nitrogens is 1. The third kappa shape index (κ3) is 2.62. The summed E-state index contributed by atoms with van der Waals surface area (Å²) < 4.78 is 0. The zero-order valence-corrected chi connectivity index (χ0v) is 11.9. The molecule has 0 aliphatic rings. The summed E-state index contributed by atoms with van der Waals surface area (Å²) in [5.41, 5.74) is 1.29. The third-order valence-electron chi connectivity index (χ3n) is 3.51. The Kier molecular flexibility index (Phi) is 3.75. The predicted octanol–water partition coefficient (Wildman–Crippen LogP) is 2.36. The number of hydrogen-bond donors (Lipinski definition) is 1. The topological polar surface area (TPSA) is 96.6 Å². The summed E-state index contributed by atoms with van der Waals surface area (Å²) in [7, 11) is 1.65. The molecule has 0 amide bonds. The number of anilines is 1. The highest BCUT2D eigenvalue weighted by atomic mass is 16.6. The number of nitrogens with zero attached hydrogens (tertiary/aromatic N) is 3. The molecule has 110 valence electrons.